The Morgan fingerprint density at radius 2 is 1.64 bits per heavy atom. The molecule has 1 aliphatic rings. The van der Waals surface area contributed by atoms with E-state index in [1.165, 1.54) is 0 Å². The van der Waals surface area contributed by atoms with E-state index in [4.69, 9.17) is 0 Å². The number of hydrogen-bond donors (Lipinski definition) is 1. The summed E-state index contributed by atoms with van der Waals surface area (Å²) in [5, 5.41) is 8.03. The van der Waals surface area contributed by atoms with Crippen LogP contribution in [0.15, 0.2) is 72.9 Å². The highest BCUT2D eigenvalue weighted by molar-refractivity contribution is 5.92. The molecule has 1 N–H and O–H groups in total. The standard InChI is InChI=1S/C23H26N4O/c28-23(22-13-15-27(25-22)21-12-7-14-24-16-21)26(17-19-8-3-1-4-9-19)18-20-10-5-2-6-11-20/h1-6,8-11,13,15,21,24H,7,12,14,16-18H2. The zero-order chi connectivity index (χ0) is 19.2. The van der Waals surface area contributed by atoms with Gasteiger partial charge in [0, 0.05) is 25.8 Å². The zero-order valence-electron chi connectivity index (χ0n) is 16.0. The Morgan fingerprint density at radius 1 is 1.00 bits per heavy atom. The number of hydrogen-bond acceptors (Lipinski definition) is 3. The van der Waals surface area contributed by atoms with Crippen LogP contribution in [0.3, 0.4) is 0 Å². The molecule has 1 amide bonds. The largest absolute Gasteiger partial charge is 0.329 e. The molecule has 1 aliphatic heterocycles. The van der Waals surface area contributed by atoms with Crippen LogP contribution >= 0.6 is 0 Å². The molecule has 0 aliphatic carbocycles. The van der Waals surface area contributed by atoms with Gasteiger partial charge in [-0.1, -0.05) is 60.7 Å². The van der Waals surface area contributed by atoms with Crippen molar-refractivity contribution in [2.24, 2.45) is 0 Å². The predicted molar refractivity (Wildman–Crippen MR) is 110 cm³/mol. The molecule has 0 radical (unpaired) electrons. The molecule has 28 heavy (non-hydrogen) atoms. The average Bonchev–Trinajstić information content (AvgIpc) is 3.25. The van der Waals surface area contributed by atoms with Gasteiger partial charge in [-0.25, -0.2) is 0 Å². The number of rotatable bonds is 6. The molecule has 1 aromatic heterocycles. The summed E-state index contributed by atoms with van der Waals surface area (Å²) in [7, 11) is 0. The molecule has 0 spiro atoms. The van der Waals surface area contributed by atoms with Crippen LogP contribution in [0.25, 0.3) is 0 Å². The van der Waals surface area contributed by atoms with Gasteiger partial charge in [-0.15, -0.1) is 0 Å². The Bertz CT molecular complexity index is 844. The van der Waals surface area contributed by atoms with Crippen molar-refractivity contribution < 1.29 is 4.79 Å². The minimum atomic E-state index is -0.0322. The van der Waals surface area contributed by atoms with Gasteiger partial charge >= 0.3 is 0 Å². The Balaban J connectivity index is 1.54. The molecule has 5 nitrogen and oxygen atoms in total. The predicted octanol–water partition coefficient (Wildman–Crippen LogP) is 3.65. The summed E-state index contributed by atoms with van der Waals surface area (Å²) in [5.41, 5.74) is 2.74. The summed E-state index contributed by atoms with van der Waals surface area (Å²) in [6.07, 6.45) is 4.18. The molecule has 3 aromatic rings. The second kappa shape index (κ2) is 8.85. The van der Waals surface area contributed by atoms with Crippen molar-refractivity contribution in [3.05, 3.63) is 89.7 Å². The quantitative estimate of drug-likeness (QED) is 0.716. The van der Waals surface area contributed by atoms with E-state index in [2.05, 4.69) is 34.7 Å². The summed E-state index contributed by atoms with van der Waals surface area (Å²) >= 11 is 0. The van der Waals surface area contributed by atoms with Gasteiger partial charge in [-0.05, 0) is 36.6 Å². The van der Waals surface area contributed by atoms with E-state index in [0.717, 1.165) is 37.1 Å². The number of benzene rings is 2. The molecule has 2 heterocycles. The van der Waals surface area contributed by atoms with Crippen molar-refractivity contribution in [1.29, 1.82) is 0 Å². The highest BCUT2D eigenvalue weighted by Gasteiger charge is 2.22. The first kappa shape index (κ1) is 18.4. The number of nitrogens with one attached hydrogen (secondary N) is 1. The van der Waals surface area contributed by atoms with Crippen molar-refractivity contribution in [2.45, 2.75) is 32.0 Å². The summed E-state index contributed by atoms with van der Waals surface area (Å²) < 4.78 is 1.95. The summed E-state index contributed by atoms with van der Waals surface area (Å²) in [6, 6.07) is 22.4. The molecule has 1 unspecified atom stereocenters. The number of piperidine rings is 1. The molecular formula is C23H26N4O. The maximum Gasteiger partial charge on any atom is 0.274 e. The minimum Gasteiger partial charge on any atom is -0.329 e. The normalized spacial score (nSPS) is 16.6. The first-order chi connectivity index (χ1) is 13.8. The van der Waals surface area contributed by atoms with Crippen molar-refractivity contribution in [3.63, 3.8) is 0 Å². The van der Waals surface area contributed by atoms with E-state index in [-0.39, 0.29) is 5.91 Å². The molecule has 1 atom stereocenters. The third kappa shape index (κ3) is 4.49. The van der Waals surface area contributed by atoms with Crippen LogP contribution in [-0.4, -0.2) is 33.7 Å². The van der Waals surface area contributed by atoms with Gasteiger partial charge in [0.25, 0.3) is 5.91 Å². The van der Waals surface area contributed by atoms with E-state index in [9.17, 15) is 4.79 Å². The maximum absolute atomic E-state index is 13.3. The molecule has 1 fully saturated rings. The van der Waals surface area contributed by atoms with Gasteiger partial charge in [0.15, 0.2) is 0 Å². The molecular weight excluding hydrogens is 348 g/mol. The van der Waals surface area contributed by atoms with E-state index in [1.807, 2.05) is 58.2 Å². The lowest BCUT2D eigenvalue weighted by molar-refractivity contribution is 0.0722. The Hall–Kier alpha value is -2.92. The molecule has 5 heteroatoms. The van der Waals surface area contributed by atoms with Gasteiger partial charge in [-0.2, -0.15) is 5.10 Å². The fraction of sp³-hybridized carbons (Fsp3) is 0.304. The van der Waals surface area contributed by atoms with Gasteiger partial charge in [-0.3, -0.25) is 9.48 Å². The molecule has 0 saturated carbocycles. The Morgan fingerprint density at radius 3 is 2.21 bits per heavy atom. The van der Waals surface area contributed by atoms with E-state index < -0.39 is 0 Å². The van der Waals surface area contributed by atoms with Crippen LogP contribution in [-0.2, 0) is 13.1 Å². The van der Waals surface area contributed by atoms with E-state index in [1.54, 1.807) is 0 Å². The van der Waals surface area contributed by atoms with E-state index in [0.29, 0.717) is 24.8 Å². The molecule has 1 saturated heterocycles. The van der Waals surface area contributed by atoms with Gasteiger partial charge in [0.1, 0.15) is 5.69 Å². The average molecular weight is 374 g/mol. The molecule has 0 bridgehead atoms. The minimum absolute atomic E-state index is 0.0322. The number of amides is 1. The van der Waals surface area contributed by atoms with Crippen molar-refractivity contribution >= 4 is 5.91 Å². The monoisotopic (exact) mass is 374 g/mol. The lowest BCUT2D eigenvalue weighted by Crippen LogP contribution is -2.33. The maximum atomic E-state index is 13.3. The highest BCUT2D eigenvalue weighted by Crippen LogP contribution is 2.18. The Labute approximate surface area is 166 Å². The van der Waals surface area contributed by atoms with Crippen molar-refractivity contribution in [1.82, 2.24) is 20.0 Å². The highest BCUT2D eigenvalue weighted by atomic mass is 16.2. The topological polar surface area (TPSA) is 50.2 Å². The van der Waals surface area contributed by atoms with Crippen LogP contribution in [0, 0.1) is 0 Å². The summed E-state index contributed by atoms with van der Waals surface area (Å²) in [6.45, 7) is 3.09. The second-order valence-electron chi connectivity index (χ2n) is 7.31. The number of carbonyl (C=O) groups excluding carboxylic acids is 1. The molecule has 144 valence electrons. The van der Waals surface area contributed by atoms with Crippen molar-refractivity contribution in [3.8, 4) is 0 Å². The summed E-state index contributed by atoms with van der Waals surface area (Å²) in [4.78, 5) is 15.2. The van der Waals surface area contributed by atoms with Crippen LogP contribution in [0.5, 0.6) is 0 Å². The second-order valence-corrected chi connectivity index (χ2v) is 7.31. The SMILES string of the molecule is O=C(c1ccn(C2CCCNC2)n1)N(Cc1ccccc1)Cc1ccccc1. The number of aromatic nitrogens is 2. The molecule has 4 rings (SSSR count). The van der Waals surface area contributed by atoms with Gasteiger partial charge in [0.05, 0.1) is 6.04 Å². The lowest BCUT2D eigenvalue weighted by atomic mass is 10.1. The Kier molecular flexibility index (Phi) is 5.83. The third-order valence-corrected chi connectivity index (χ3v) is 5.19. The zero-order valence-corrected chi connectivity index (χ0v) is 16.0. The smallest absolute Gasteiger partial charge is 0.274 e. The number of carbonyl (C=O) groups is 1. The van der Waals surface area contributed by atoms with Gasteiger partial charge < -0.3 is 10.2 Å². The van der Waals surface area contributed by atoms with Crippen LogP contribution in [0.1, 0.15) is 40.5 Å². The fourth-order valence-corrected chi connectivity index (χ4v) is 3.68. The first-order valence-corrected chi connectivity index (χ1v) is 9.92. The van der Waals surface area contributed by atoms with Crippen LogP contribution in [0.2, 0.25) is 0 Å². The van der Waals surface area contributed by atoms with Crippen LogP contribution in [0.4, 0.5) is 0 Å². The summed E-state index contributed by atoms with van der Waals surface area (Å²) in [5.74, 6) is -0.0322. The van der Waals surface area contributed by atoms with Gasteiger partial charge in [0.2, 0.25) is 0 Å². The number of nitrogens with zero attached hydrogens (tertiary/aromatic N) is 3. The third-order valence-electron chi connectivity index (χ3n) is 5.19. The lowest BCUT2D eigenvalue weighted by Gasteiger charge is -2.24. The fourth-order valence-electron chi connectivity index (χ4n) is 3.68. The van der Waals surface area contributed by atoms with Crippen molar-refractivity contribution in [2.75, 3.05) is 13.1 Å². The first-order valence-electron chi connectivity index (χ1n) is 9.92. The van der Waals surface area contributed by atoms with E-state index >= 15 is 0 Å². The van der Waals surface area contributed by atoms with Crippen LogP contribution < -0.4 is 5.32 Å². The molecule has 2 aromatic carbocycles.